The van der Waals surface area contributed by atoms with Crippen LogP contribution in [0.3, 0.4) is 0 Å². The monoisotopic (exact) mass is 254 g/mol. The van der Waals surface area contributed by atoms with E-state index in [0.717, 1.165) is 6.42 Å². The highest BCUT2D eigenvalue weighted by Gasteiger charge is 2.17. The van der Waals surface area contributed by atoms with Crippen molar-refractivity contribution in [1.29, 1.82) is 0 Å². The first kappa shape index (κ1) is 12.2. The van der Waals surface area contributed by atoms with Gasteiger partial charge in [0.05, 0.1) is 6.61 Å². The number of fused-ring (bicyclic) bond motifs is 1. The molecule has 2 atom stereocenters. The summed E-state index contributed by atoms with van der Waals surface area (Å²) in [4.78, 5) is 11.4. The molecule has 0 spiro atoms. The van der Waals surface area contributed by atoms with E-state index in [9.17, 15) is 4.79 Å². The van der Waals surface area contributed by atoms with Gasteiger partial charge >= 0.3 is 0 Å². The lowest BCUT2D eigenvalue weighted by atomic mass is 9.88. The van der Waals surface area contributed by atoms with Gasteiger partial charge in [-0.05, 0) is 29.8 Å². The molecule has 2 rings (SSSR count). The summed E-state index contributed by atoms with van der Waals surface area (Å²) >= 11 is 0. The number of hydrogen-bond donors (Lipinski definition) is 0. The molecule has 1 aliphatic carbocycles. The number of benzene rings is 1. The number of rotatable bonds is 3. The van der Waals surface area contributed by atoms with Crippen molar-refractivity contribution in [2.75, 3.05) is 6.66 Å². The highest BCUT2D eigenvalue weighted by molar-refractivity contribution is 8.10. The number of Topliss-reactive ketones (excluding diaryl/α,β-unsaturated/α-hetero) is 1. The average molecular weight is 254 g/mol. The molecule has 1 aromatic carbocycles. The van der Waals surface area contributed by atoms with Crippen molar-refractivity contribution in [1.82, 2.24) is 0 Å². The summed E-state index contributed by atoms with van der Waals surface area (Å²) in [5.41, 5.74) is 3.78. The Bertz CT molecular complexity index is 402. The molecule has 0 fully saturated rings. The zero-order valence-corrected chi connectivity index (χ0v) is 11.5. The van der Waals surface area contributed by atoms with Crippen LogP contribution in [0.15, 0.2) is 18.2 Å². The van der Waals surface area contributed by atoms with Gasteiger partial charge in [-0.1, -0.05) is 27.1 Å². The molecular formula is C12H16O2P2. The van der Waals surface area contributed by atoms with E-state index in [1.54, 1.807) is 0 Å². The second-order valence-corrected chi connectivity index (χ2v) is 7.62. The van der Waals surface area contributed by atoms with Crippen molar-refractivity contribution in [3.63, 3.8) is 0 Å². The van der Waals surface area contributed by atoms with Gasteiger partial charge in [-0.25, -0.2) is 0 Å². The number of hydrogen-bond acceptors (Lipinski definition) is 2. The molecule has 4 heteroatoms. The second kappa shape index (κ2) is 5.36. The van der Waals surface area contributed by atoms with Gasteiger partial charge in [0, 0.05) is 20.7 Å². The minimum absolute atomic E-state index is 0.356. The average Bonchev–Trinajstić information content (AvgIpc) is 2.25. The Balaban J connectivity index is 2.20. The maximum absolute atomic E-state index is 11.4. The first-order chi connectivity index (χ1) is 7.66. The lowest BCUT2D eigenvalue weighted by Crippen LogP contribution is -2.15. The van der Waals surface area contributed by atoms with Gasteiger partial charge in [0.1, 0.15) is 5.78 Å². The Labute approximate surface area is 99.7 Å². The van der Waals surface area contributed by atoms with Crippen LogP contribution in [-0.4, -0.2) is 12.4 Å². The molecule has 0 saturated heterocycles. The van der Waals surface area contributed by atoms with Gasteiger partial charge in [-0.2, -0.15) is 0 Å². The molecule has 0 aliphatic heterocycles. The predicted octanol–water partition coefficient (Wildman–Crippen LogP) is 3.08. The Morgan fingerprint density at radius 1 is 1.44 bits per heavy atom. The van der Waals surface area contributed by atoms with E-state index < -0.39 is 7.84 Å². The molecule has 0 saturated carbocycles. The summed E-state index contributed by atoms with van der Waals surface area (Å²) in [5, 5.41) is 0. The lowest BCUT2D eigenvalue weighted by molar-refractivity contribution is -0.118. The number of carbonyl (C=O) groups is 1. The summed E-state index contributed by atoms with van der Waals surface area (Å²) in [5.74, 6) is 0.356. The SMILES string of the molecule is CP(P)OCc1cccc2c1CCC(=O)C2. The molecule has 0 aromatic heterocycles. The molecule has 1 aromatic rings. The first-order valence-electron chi connectivity index (χ1n) is 5.39. The van der Waals surface area contributed by atoms with Crippen LogP contribution in [0.5, 0.6) is 0 Å². The highest BCUT2D eigenvalue weighted by atomic mass is 32.0. The third-order valence-electron chi connectivity index (χ3n) is 2.84. The Hall–Kier alpha value is -0.290. The van der Waals surface area contributed by atoms with E-state index >= 15 is 0 Å². The summed E-state index contributed by atoms with van der Waals surface area (Å²) in [6.45, 7) is 2.74. The molecule has 0 N–H and O–H groups in total. The maximum atomic E-state index is 11.4. The number of ketones is 1. The van der Waals surface area contributed by atoms with Crippen molar-refractivity contribution >= 4 is 22.5 Å². The van der Waals surface area contributed by atoms with Crippen LogP contribution in [0.2, 0.25) is 0 Å². The fraction of sp³-hybridized carbons (Fsp3) is 0.417. The predicted molar refractivity (Wildman–Crippen MR) is 70.8 cm³/mol. The van der Waals surface area contributed by atoms with Gasteiger partial charge in [0.2, 0.25) is 0 Å². The molecule has 86 valence electrons. The van der Waals surface area contributed by atoms with E-state index in [1.807, 2.05) is 6.07 Å². The van der Waals surface area contributed by atoms with E-state index in [-0.39, 0.29) is 0 Å². The maximum Gasteiger partial charge on any atom is 0.137 e. The summed E-state index contributed by atoms with van der Waals surface area (Å²) in [6, 6.07) is 6.19. The van der Waals surface area contributed by atoms with Crippen molar-refractivity contribution in [2.45, 2.75) is 25.9 Å². The molecular weight excluding hydrogens is 238 g/mol. The van der Waals surface area contributed by atoms with E-state index in [1.165, 1.54) is 16.7 Å². The van der Waals surface area contributed by atoms with Crippen LogP contribution in [0.4, 0.5) is 0 Å². The molecule has 2 unspecified atom stereocenters. The molecule has 1 aliphatic rings. The van der Waals surface area contributed by atoms with Gasteiger partial charge < -0.3 is 4.52 Å². The summed E-state index contributed by atoms with van der Waals surface area (Å²) in [7, 11) is 2.30. The van der Waals surface area contributed by atoms with Crippen LogP contribution in [-0.2, 0) is 28.8 Å². The molecule has 16 heavy (non-hydrogen) atoms. The third-order valence-corrected chi connectivity index (χ3v) is 3.82. The standard InChI is InChI=1S/C12H16O2P2/c1-16(15)14-8-10-4-2-3-9-7-11(13)5-6-12(9)10/h2-4H,5-8,15H2,1H3. The quantitative estimate of drug-likeness (QED) is 0.775. The fourth-order valence-corrected chi connectivity index (χ4v) is 2.61. The molecule has 2 nitrogen and oxygen atoms in total. The zero-order chi connectivity index (χ0) is 11.5. The van der Waals surface area contributed by atoms with E-state index in [4.69, 9.17) is 4.52 Å². The van der Waals surface area contributed by atoms with Gasteiger partial charge in [0.25, 0.3) is 0 Å². The van der Waals surface area contributed by atoms with E-state index in [2.05, 4.69) is 27.7 Å². The van der Waals surface area contributed by atoms with Crippen LogP contribution in [0.25, 0.3) is 0 Å². The van der Waals surface area contributed by atoms with Crippen LogP contribution in [0, 0.1) is 0 Å². The summed E-state index contributed by atoms with van der Waals surface area (Å²) < 4.78 is 5.66. The Morgan fingerprint density at radius 2 is 2.25 bits per heavy atom. The van der Waals surface area contributed by atoms with Crippen molar-refractivity contribution < 1.29 is 9.32 Å². The topological polar surface area (TPSA) is 26.3 Å². The normalized spacial score (nSPS) is 17.0. The van der Waals surface area contributed by atoms with Crippen LogP contribution >= 0.6 is 16.8 Å². The Kier molecular flexibility index (Phi) is 4.08. The van der Waals surface area contributed by atoms with Gasteiger partial charge in [-0.15, -0.1) is 0 Å². The van der Waals surface area contributed by atoms with Gasteiger partial charge in [-0.3, -0.25) is 4.79 Å². The minimum Gasteiger partial charge on any atom is -0.351 e. The van der Waals surface area contributed by atoms with Crippen molar-refractivity contribution in [3.8, 4) is 0 Å². The lowest BCUT2D eigenvalue weighted by Gasteiger charge is -2.19. The highest BCUT2D eigenvalue weighted by Crippen LogP contribution is 2.42. The first-order valence-corrected chi connectivity index (χ1v) is 8.72. The van der Waals surface area contributed by atoms with Crippen molar-refractivity contribution in [3.05, 3.63) is 34.9 Å². The summed E-state index contributed by atoms with van der Waals surface area (Å²) in [6.07, 6.45) is 2.17. The van der Waals surface area contributed by atoms with E-state index in [0.29, 0.717) is 25.2 Å². The minimum atomic E-state index is -0.397. The number of carbonyl (C=O) groups excluding carboxylic acids is 1. The second-order valence-electron chi connectivity index (χ2n) is 4.09. The smallest absolute Gasteiger partial charge is 0.137 e. The van der Waals surface area contributed by atoms with Gasteiger partial charge in [0.15, 0.2) is 0 Å². The fourth-order valence-electron chi connectivity index (χ4n) is 2.05. The molecule has 0 bridgehead atoms. The molecule has 0 heterocycles. The Morgan fingerprint density at radius 3 is 3.00 bits per heavy atom. The molecule has 0 radical (unpaired) electrons. The third kappa shape index (κ3) is 2.88. The van der Waals surface area contributed by atoms with Crippen LogP contribution in [0.1, 0.15) is 23.1 Å². The largest absolute Gasteiger partial charge is 0.351 e. The van der Waals surface area contributed by atoms with Crippen molar-refractivity contribution in [2.24, 2.45) is 0 Å². The van der Waals surface area contributed by atoms with Crippen LogP contribution < -0.4 is 0 Å². The zero-order valence-electron chi connectivity index (χ0n) is 9.40. The molecule has 0 amide bonds.